The van der Waals surface area contributed by atoms with Gasteiger partial charge in [0.25, 0.3) is 11.8 Å². The Labute approximate surface area is 131 Å². The van der Waals surface area contributed by atoms with E-state index in [1.54, 1.807) is 36.4 Å². The average Bonchev–Trinajstić information content (AvgIpc) is 2.54. The molecule has 0 heterocycles. The molecule has 0 aliphatic rings. The number of benzene rings is 2. The summed E-state index contributed by atoms with van der Waals surface area (Å²) in [5.74, 6) is 9.37. The van der Waals surface area contributed by atoms with Gasteiger partial charge < -0.3 is 5.32 Å². The van der Waals surface area contributed by atoms with Gasteiger partial charge in [0.2, 0.25) is 0 Å². The molecular weight excluding hydrogens is 306 g/mol. The molecule has 0 spiro atoms. The molecule has 0 saturated heterocycles. The summed E-state index contributed by atoms with van der Waals surface area (Å²) >= 11 is 5.96. The van der Waals surface area contributed by atoms with Crippen LogP contribution in [0.1, 0.15) is 20.7 Å². The van der Waals surface area contributed by atoms with E-state index in [1.807, 2.05) is 0 Å². The summed E-state index contributed by atoms with van der Waals surface area (Å²) in [5, 5.41) is 3.42. The Hall–Kier alpha value is -2.61. The Balaban J connectivity index is 2.45. The fourth-order valence-corrected chi connectivity index (χ4v) is 2.08. The lowest BCUT2D eigenvalue weighted by Crippen LogP contribution is -2.31. The molecule has 22 heavy (non-hydrogen) atoms. The van der Waals surface area contributed by atoms with E-state index in [2.05, 4.69) is 16.2 Å². The molecule has 0 aromatic heterocycles. The lowest BCUT2D eigenvalue weighted by atomic mass is 10.1. The minimum Gasteiger partial charge on any atom is -0.354 e. The summed E-state index contributed by atoms with van der Waals surface area (Å²) in [6.07, 6.45) is 0. The summed E-state index contributed by atoms with van der Waals surface area (Å²) in [6, 6.07) is 11.4. The van der Waals surface area contributed by atoms with Gasteiger partial charge in [-0.25, -0.2) is 11.7 Å². The van der Waals surface area contributed by atoms with Gasteiger partial charge in [0.05, 0.1) is 22.5 Å². The number of nitrogen functional groups attached to an aromatic ring is 2. The van der Waals surface area contributed by atoms with Gasteiger partial charge in [0, 0.05) is 5.02 Å². The predicted octanol–water partition coefficient (Wildman–Crippen LogP) is 1.29. The van der Waals surface area contributed by atoms with Crippen molar-refractivity contribution < 1.29 is 9.59 Å². The zero-order chi connectivity index (χ0) is 16.1. The molecule has 0 aliphatic heterocycles. The summed E-state index contributed by atoms with van der Waals surface area (Å²) in [4.78, 5) is 23.6. The molecule has 7 nitrogen and oxygen atoms in total. The second-order valence-corrected chi connectivity index (χ2v) is 4.74. The van der Waals surface area contributed by atoms with Crippen molar-refractivity contribution in [2.24, 2.45) is 11.7 Å². The van der Waals surface area contributed by atoms with Crippen molar-refractivity contribution in [1.29, 1.82) is 0 Å². The number of nitrogens with two attached hydrogens (primary N) is 2. The minimum atomic E-state index is -0.486. The highest BCUT2D eigenvalue weighted by molar-refractivity contribution is 6.31. The Kier molecular flexibility index (Phi) is 4.95. The number of carbonyl (C=O) groups excluding carboxylic acids is 2. The molecule has 8 heteroatoms. The van der Waals surface area contributed by atoms with E-state index in [4.69, 9.17) is 23.3 Å². The molecule has 2 rings (SSSR count). The number of halogens is 1. The van der Waals surface area contributed by atoms with Crippen molar-refractivity contribution in [1.82, 2.24) is 10.9 Å². The van der Waals surface area contributed by atoms with E-state index in [1.165, 1.54) is 6.07 Å². The fraction of sp³-hybridized carbons (Fsp3) is 0. The average molecular weight is 320 g/mol. The molecule has 114 valence electrons. The summed E-state index contributed by atoms with van der Waals surface area (Å²) in [5.41, 5.74) is 5.61. The van der Waals surface area contributed by atoms with E-state index in [0.717, 1.165) is 0 Å². The highest BCUT2D eigenvalue weighted by atomic mass is 35.5. The zero-order valence-corrected chi connectivity index (χ0v) is 12.1. The van der Waals surface area contributed by atoms with Gasteiger partial charge >= 0.3 is 0 Å². The lowest BCUT2D eigenvalue weighted by molar-refractivity contribution is 0.0947. The Morgan fingerprint density at radius 3 is 2.09 bits per heavy atom. The van der Waals surface area contributed by atoms with Gasteiger partial charge in [0.15, 0.2) is 0 Å². The van der Waals surface area contributed by atoms with Crippen LogP contribution >= 0.6 is 11.6 Å². The molecule has 7 N–H and O–H groups in total. The second kappa shape index (κ2) is 6.90. The zero-order valence-electron chi connectivity index (χ0n) is 11.4. The van der Waals surface area contributed by atoms with Crippen LogP contribution in [-0.4, -0.2) is 11.8 Å². The van der Waals surface area contributed by atoms with E-state index in [-0.39, 0.29) is 5.56 Å². The van der Waals surface area contributed by atoms with Crippen molar-refractivity contribution in [3.63, 3.8) is 0 Å². The normalized spacial score (nSPS) is 9.95. The van der Waals surface area contributed by atoms with E-state index in [0.29, 0.717) is 22.0 Å². The second-order valence-electron chi connectivity index (χ2n) is 4.31. The number of nitrogens with one attached hydrogen (secondary N) is 3. The maximum Gasteiger partial charge on any atom is 0.267 e. The molecule has 0 fully saturated rings. The predicted molar refractivity (Wildman–Crippen MR) is 84.5 cm³/mol. The van der Waals surface area contributed by atoms with Crippen LogP contribution in [0.15, 0.2) is 42.5 Å². The molecule has 2 aromatic rings. The smallest absolute Gasteiger partial charge is 0.267 e. The molecule has 0 radical (unpaired) electrons. The quantitative estimate of drug-likeness (QED) is 0.330. The maximum absolute atomic E-state index is 11.8. The first-order chi connectivity index (χ1) is 10.6. The molecule has 2 amide bonds. The monoisotopic (exact) mass is 319 g/mol. The van der Waals surface area contributed by atoms with Crippen LogP contribution in [0.4, 0.5) is 11.4 Å². The summed E-state index contributed by atoms with van der Waals surface area (Å²) in [7, 11) is 0. The van der Waals surface area contributed by atoms with Crippen LogP contribution in [0.5, 0.6) is 0 Å². The van der Waals surface area contributed by atoms with Crippen LogP contribution in [0.2, 0.25) is 5.02 Å². The first kappa shape index (κ1) is 15.8. The van der Waals surface area contributed by atoms with Crippen molar-refractivity contribution in [3.05, 3.63) is 58.6 Å². The number of hydrogen-bond acceptors (Lipinski definition) is 5. The number of carbonyl (C=O) groups is 2. The number of hydrogen-bond donors (Lipinski definition) is 5. The van der Waals surface area contributed by atoms with Gasteiger partial charge in [-0.3, -0.25) is 20.4 Å². The summed E-state index contributed by atoms with van der Waals surface area (Å²) < 4.78 is 0. The lowest BCUT2D eigenvalue weighted by Gasteiger charge is -2.14. The van der Waals surface area contributed by atoms with Crippen molar-refractivity contribution in [2.75, 3.05) is 5.32 Å². The molecule has 0 bridgehead atoms. The van der Waals surface area contributed by atoms with Gasteiger partial charge in [-0.15, -0.1) is 0 Å². The summed E-state index contributed by atoms with van der Waals surface area (Å²) in [6.45, 7) is 0. The standard InChI is InChI=1S/C14H14ClN5O2/c15-8-5-6-10(14(22)20-17)12(7-8)18-11-4-2-1-3-9(11)13(21)19-16/h1-7,18H,16-17H2,(H,19,21)(H,20,22). The van der Waals surface area contributed by atoms with E-state index >= 15 is 0 Å². The van der Waals surface area contributed by atoms with Crippen LogP contribution in [0.3, 0.4) is 0 Å². The first-order valence-corrected chi connectivity index (χ1v) is 6.62. The van der Waals surface area contributed by atoms with Crippen molar-refractivity contribution in [2.45, 2.75) is 0 Å². The highest BCUT2D eigenvalue weighted by Gasteiger charge is 2.14. The fourth-order valence-electron chi connectivity index (χ4n) is 1.91. The molecule has 0 saturated carbocycles. The minimum absolute atomic E-state index is 0.287. The molecule has 0 aliphatic carbocycles. The third kappa shape index (κ3) is 3.34. The number of hydrazine groups is 2. The van der Waals surface area contributed by atoms with Crippen molar-refractivity contribution >= 4 is 34.8 Å². The van der Waals surface area contributed by atoms with Gasteiger partial charge in [-0.1, -0.05) is 23.7 Å². The van der Waals surface area contributed by atoms with Gasteiger partial charge in [0.1, 0.15) is 0 Å². The SMILES string of the molecule is NNC(=O)c1ccccc1Nc1cc(Cl)ccc1C(=O)NN. The van der Waals surface area contributed by atoms with Crippen LogP contribution in [-0.2, 0) is 0 Å². The number of para-hydroxylation sites is 1. The van der Waals surface area contributed by atoms with Crippen LogP contribution in [0.25, 0.3) is 0 Å². The topological polar surface area (TPSA) is 122 Å². The van der Waals surface area contributed by atoms with Crippen LogP contribution in [0, 0.1) is 0 Å². The van der Waals surface area contributed by atoms with Crippen LogP contribution < -0.4 is 27.9 Å². The number of rotatable bonds is 4. The number of amides is 2. The molecular formula is C14H14ClN5O2. The third-order valence-corrected chi connectivity index (χ3v) is 3.16. The highest BCUT2D eigenvalue weighted by Crippen LogP contribution is 2.26. The molecule has 2 aromatic carbocycles. The maximum atomic E-state index is 11.8. The Bertz CT molecular complexity index is 720. The first-order valence-electron chi connectivity index (χ1n) is 6.24. The largest absolute Gasteiger partial charge is 0.354 e. The Morgan fingerprint density at radius 1 is 0.864 bits per heavy atom. The van der Waals surface area contributed by atoms with Crippen molar-refractivity contribution in [3.8, 4) is 0 Å². The third-order valence-electron chi connectivity index (χ3n) is 2.93. The van der Waals surface area contributed by atoms with E-state index < -0.39 is 11.8 Å². The molecule has 0 unspecified atom stereocenters. The molecule has 0 atom stereocenters. The Morgan fingerprint density at radius 2 is 1.45 bits per heavy atom. The van der Waals surface area contributed by atoms with Gasteiger partial charge in [-0.2, -0.15) is 0 Å². The van der Waals surface area contributed by atoms with Gasteiger partial charge in [-0.05, 0) is 30.3 Å². The van der Waals surface area contributed by atoms with E-state index in [9.17, 15) is 9.59 Å². The number of anilines is 2.